The Kier molecular flexibility index (Phi) is 3.53. The monoisotopic (exact) mass is 229 g/mol. The van der Waals surface area contributed by atoms with Crippen LogP contribution in [-0.2, 0) is 0 Å². The first-order valence-electron chi connectivity index (χ1n) is 6.21. The van der Waals surface area contributed by atoms with Crippen LogP contribution in [0.5, 0.6) is 0 Å². The number of nitriles is 1. The van der Waals surface area contributed by atoms with Gasteiger partial charge in [-0.2, -0.15) is 5.26 Å². The zero-order valence-electron chi connectivity index (χ0n) is 10.3. The number of benzene rings is 1. The minimum atomic E-state index is 0.671. The Morgan fingerprint density at radius 3 is 2.82 bits per heavy atom. The van der Waals surface area contributed by atoms with Crippen LogP contribution in [0.2, 0.25) is 0 Å². The molecule has 3 nitrogen and oxygen atoms in total. The van der Waals surface area contributed by atoms with Crippen LogP contribution in [0, 0.1) is 17.2 Å². The van der Waals surface area contributed by atoms with Crippen LogP contribution >= 0.6 is 0 Å². The van der Waals surface area contributed by atoms with E-state index in [4.69, 9.17) is 11.0 Å². The van der Waals surface area contributed by atoms with E-state index in [1.54, 1.807) is 6.07 Å². The molecule has 1 aliphatic carbocycles. The first kappa shape index (κ1) is 11.8. The van der Waals surface area contributed by atoms with Crippen LogP contribution in [0.1, 0.15) is 31.2 Å². The summed E-state index contributed by atoms with van der Waals surface area (Å²) in [6.07, 6.45) is 5.37. The second-order valence-corrected chi connectivity index (χ2v) is 4.89. The summed E-state index contributed by atoms with van der Waals surface area (Å²) in [6, 6.07) is 7.60. The van der Waals surface area contributed by atoms with Crippen molar-refractivity contribution in [3.8, 4) is 6.07 Å². The third kappa shape index (κ3) is 2.71. The Hall–Kier alpha value is -1.69. The molecule has 0 saturated heterocycles. The number of hydrogen-bond donors (Lipinski definition) is 1. The largest absolute Gasteiger partial charge is 0.397 e. The minimum Gasteiger partial charge on any atom is -0.397 e. The second kappa shape index (κ2) is 5.09. The minimum absolute atomic E-state index is 0.671. The molecule has 0 heterocycles. The lowest BCUT2D eigenvalue weighted by atomic mass is 9.83. The average molecular weight is 229 g/mol. The quantitative estimate of drug-likeness (QED) is 0.808. The van der Waals surface area contributed by atoms with E-state index in [9.17, 15) is 0 Å². The lowest BCUT2D eigenvalue weighted by Gasteiger charge is -2.29. The van der Waals surface area contributed by atoms with Crippen LogP contribution in [0.4, 0.5) is 11.4 Å². The number of nitrogens with two attached hydrogens (primary N) is 1. The molecule has 90 valence electrons. The van der Waals surface area contributed by atoms with Crippen molar-refractivity contribution < 1.29 is 0 Å². The number of anilines is 2. The molecule has 1 aromatic carbocycles. The molecule has 0 atom stereocenters. The van der Waals surface area contributed by atoms with E-state index >= 15 is 0 Å². The maximum Gasteiger partial charge on any atom is 0.0992 e. The SMILES string of the molecule is CN(CCC1CCC1)c1cc(C#N)ccc1N. The predicted octanol–water partition coefficient (Wildman–Crippen LogP) is 2.77. The lowest BCUT2D eigenvalue weighted by Crippen LogP contribution is -2.24. The summed E-state index contributed by atoms with van der Waals surface area (Å²) in [4.78, 5) is 2.16. The van der Waals surface area contributed by atoms with E-state index < -0.39 is 0 Å². The Bertz CT molecular complexity index is 430. The van der Waals surface area contributed by atoms with E-state index in [1.165, 1.54) is 25.7 Å². The molecule has 3 heteroatoms. The van der Waals surface area contributed by atoms with Crippen LogP contribution in [0.25, 0.3) is 0 Å². The third-order valence-electron chi connectivity index (χ3n) is 3.67. The van der Waals surface area contributed by atoms with Gasteiger partial charge in [0, 0.05) is 13.6 Å². The van der Waals surface area contributed by atoms with Gasteiger partial charge in [-0.15, -0.1) is 0 Å². The summed E-state index contributed by atoms with van der Waals surface area (Å²) in [6.45, 7) is 1.02. The first-order chi connectivity index (χ1) is 8.20. The van der Waals surface area contributed by atoms with Crippen LogP contribution in [0.3, 0.4) is 0 Å². The predicted molar refractivity (Wildman–Crippen MR) is 70.8 cm³/mol. The highest BCUT2D eigenvalue weighted by atomic mass is 15.1. The molecule has 2 rings (SSSR count). The molecule has 0 aromatic heterocycles. The summed E-state index contributed by atoms with van der Waals surface area (Å²) in [7, 11) is 2.05. The molecule has 1 aromatic rings. The van der Waals surface area contributed by atoms with E-state index in [1.807, 2.05) is 19.2 Å². The first-order valence-corrected chi connectivity index (χ1v) is 6.21. The van der Waals surface area contributed by atoms with Crippen molar-refractivity contribution in [3.05, 3.63) is 23.8 Å². The van der Waals surface area contributed by atoms with Gasteiger partial charge in [-0.25, -0.2) is 0 Å². The van der Waals surface area contributed by atoms with E-state index in [0.717, 1.165) is 23.8 Å². The standard InChI is InChI=1S/C14H19N3/c1-17(8-7-11-3-2-4-11)14-9-12(10-15)5-6-13(14)16/h5-6,9,11H,2-4,7-8,16H2,1H3. The van der Waals surface area contributed by atoms with Crippen molar-refractivity contribution in [2.75, 3.05) is 24.2 Å². The molecule has 1 fully saturated rings. The van der Waals surface area contributed by atoms with Crippen molar-refractivity contribution in [1.82, 2.24) is 0 Å². The number of nitrogens with zero attached hydrogens (tertiary/aromatic N) is 2. The number of rotatable bonds is 4. The van der Waals surface area contributed by atoms with E-state index in [-0.39, 0.29) is 0 Å². The molecule has 17 heavy (non-hydrogen) atoms. The third-order valence-corrected chi connectivity index (χ3v) is 3.67. The van der Waals surface area contributed by atoms with E-state index in [0.29, 0.717) is 5.56 Å². The molecule has 2 N–H and O–H groups in total. The van der Waals surface area contributed by atoms with Crippen molar-refractivity contribution >= 4 is 11.4 Å². The maximum absolute atomic E-state index is 8.89. The molecule has 1 aliphatic rings. The van der Waals surface area contributed by atoms with Crippen LogP contribution in [0.15, 0.2) is 18.2 Å². The fourth-order valence-electron chi connectivity index (χ4n) is 2.22. The summed E-state index contributed by atoms with van der Waals surface area (Å²) in [5.74, 6) is 0.901. The average Bonchev–Trinajstić information content (AvgIpc) is 2.27. The smallest absolute Gasteiger partial charge is 0.0992 e. The van der Waals surface area contributed by atoms with Gasteiger partial charge in [0.1, 0.15) is 0 Å². The van der Waals surface area contributed by atoms with Gasteiger partial charge in [0.2, 0.25) is 0 Å². The number of nitrogen functional groups attached to an aromatic ring is 1. The maximum atomic E-state index is 8.89. The Morgan fingerprint density at radius 2 is 2.24 bits per heavy atom. The van der Waals surface area contributed by atoms with Gasteiger partial charge in [-0.05, 0) is 30.5 Å². The van der Waals surface area contributed by atoms with Gasteiger partial charge in [0.05, 0.1) is 23.0 Å². The van der Waals surface area contributed by atoms with Crippen molar-refractivity contribution in [3.63, 3.8) is 0 Å². The number of hydrogen-bond acceptors (Lipinski definition) is 3. The molecule has 0 radical (unpaired) electrons. The Morgan fingerprint density at radius 1 is 1.47 bits per heavy atom. The second-order valence-electron chi connectivity index (χ2n) is 4.89. The molecular formula is C14H19N3. The molecule has 0 unspecified atom stereocenters. The molecule has 0 spiro atoms. The van der Waals surface area contributed by atoms with Gasteiger partial charge in [0.15, 0.2) is 0 Å². The normalized spacial score (nSPS) is 15.1. The highest BCUT2D eigenvalue weighted by Gasteiger charge is 2.18. The zero-order valence-corrected chi connectivity index (χ0v) is 10.3. The zero-order chi connectivity index (χ0) is 12.3. The molecular weight excluding hydrogens is 210 g/mol. The van der Waals surface area contributed by atoms with Gasteiger partial charge < -0.3 is 10.6 Å². The van der Waals surface area contributed by atoms with Gasteiger partial charge in [-0.1, -0.05) is 19.3 Å². The molecule has 0 aliphatic heterocycles. The molecule has 1 saturated carbocycles. The lowest BCUT2D eigenvalue weighted by molar-refractivity contribution is 0.299. The fraction of sp³-hybridized carbons (Fsp3) is 0.500. The Balaban J connectivity index is 2.01. The van der Waals surface area contributed by atoms with Crippen molar-refractivity contribution in [2.45, 2.75) is 25.7 Å². The topological polar surface area (TPSA) is 53.0 Å². The van der Waals surface area contributed by atoms with Gasteiger partial charge >= 0.3 is 0 Å². The highest BCUT2D eigenvalue weighted by Crippen LogP contribution is 2.30. The van der Waals surface area contributed by atoms with Crippen molar-refractivity contribution in [2.24, 2.45) is 5.92 Å². The summed E-state index contributed by atoms with van der Waals surface area (Å²) in [5.41, 5.74) is 8.34. The van der Waals surface area contributed by atoms with Crippen molar-refractivity contribution in [1.29, 1.82) is 5.26 Å². The van der Waals surface area contributed by atoms with Crippen LogP contribution in [-0.4, -0.2) is 13.6 Å². The van der Waals surface area contributed by atoms with Gasteiger partial charge in [0.25, 0.3) is 0 Å². The van der Waals surface area contributed by atoms with E-state index in [2.05, 4.69) is 11.0 Å². The fourth-order valence-corrected chi connectivity index (χ4v) is 2.22. The Labute approximate surface area is 103 Å². The molecule has 0 bridgehead atoms. The molecule has 0 amide bonds. The highest BCUT2D eigenvalue weighted by molar-refractivity contribution is 5.69. The summed E-state index contributed by atoms with van der Waals surface area (Å²) < 4.78 is 0. The summed E-state index contributed by atoms with van der Waals surface area (Å²) in [5, 5.41) is 8.89. The van der Waals surface area contributed by atoms with Gasteiger partial charge in [-0.3, -0.25) is 0 Å². The summed E-state index contributed by atoms with van der Waals surface area (Å²) >= 11 is 0. The van der Waals surface area contributed by atoms with Crippen LogP contribution < -0.4 is 10.6 Å².